The molecule has 0 bridgehead atoms. The van der Waals surface area contributed by atoms with Crippen molar-refractivity contribution in [3.05, 3.63) is 47.8 Å². The highest BCUT2D eigenvalue weighted by molar-refractivity contribution is 5.77. The van der Waals surface area contributed by atoms with Crippen molar-refractivity contribution in [2.24, 2.45) is 0 Å². The van der Waals surface area contributed by atoms with Crippen LogP contribution >= 0.6 is 0 Å². The molecule has 4 N–H and O–H groups in total. The number of nitrogens with two attached hydrogens (primary N) is 1. The van der Waals surface area contributed by atoms with Crippen LogP contribution in [-0.2, 0) is 6.42 Å². The molecule has 0 amide bonds. The average molecular weight is 366 g/mol. The van der Waals surface area contributed by atoms with E-state index in [1.54, 1.807) is 11.9 Å². The van der Waals surface area contributed by atoms with Gasteiger partial charge < -0.3 is 16.4 Å². The summed E-state index contributed by atoms with van der Waals surface area (Å²) in [5.41, 5.74) is 10.7. The van der Waals surface area contributed by atoms with Crippen LogP contribution in [-0.4, -0.2) is 16.5 Å². The molecule has 5 heteroatoms. The van der Waals surface area contributed by atoms with Crippen LogP contribution in [0.2, 0.25) is 0 Å². The number of benzene rings is 1. The van der Waals surface area contributed by atoms with E-state index >= 15 is 0 Å². The smallest absolute Gasteiger partial charge is 0.159 e. The predicted molar refractivity (Wildman–Crippen MR) is 114 cm³/mol. The molecule has 27 heavy (non-hydrogen) atoms. The Kier molecular flexibility index (Phi) is 7.08. The first kappa shape index (κ1) is 19.2. The second kappa shape index (κ2) is 9.95. The first-order valence-corrected chi connectivity index (χ1v) is 10.1. The summed E-state index contributed by atoms with van der Waals surface area (Å²) in [6.45, 7) is 3.06. The minimum atomic E-state index is 0.560. The fraction of sp³-hybridized carbons (Fsp3) is 0.455. The molecule has 0 saturated carbocycles. The number of allylic oxidation sites excluding steroid dienone is 1. The van der Waals surface area contributed by atoms with Gasteiger partial charge in [-0.3, -0.25) is 0 Å². The van der Waals surface area contributed by atoms with Crippen LogP contribution in [0.15, 0.2) is 42.2 Å². The quantitative estimate of drug-likeness (QED) is 0.515. The molecular formula is C22H31N5. The van der Waals surface area contributed by atoms with Gasteiger partial charge in [-0.25, -0.2) is 9.97 Å². The lowest BCUT2D eigenvalue weighted by Gasteiger charge is -2.15. The summed E-state index contributed by atoms with van der Waals surface area (Å²) in [6, 6.07) is 8.48. The van der Waals surface area contributed by atoms with E-state index in [4.69, 9.17) is 5.73 Å². The van der Waals surface area contributed by atoms with Gasteiger partial charge in [0.25, 0.3) is 0 Å². The number of hydrogen-bond donors (Lipinski definition) is 3. The van der Waals surface area contributed by atoms with Gasteiger partial charge >= 0.3 is 0 Å². The summed E-state index contributed by atoms with van der Waals surface area (Å²) in [4.78, 5) is 8.61. The topological polar surface area (TPSA) is 75.9 Å². The van der Waals surface area contributed by atoms with Crippen LogP contribution in [0.25, 0.3) is 0 Å². The molecular weight excluding hydrogens is 334 g/mol. The van der Waals surface area contributed by atoms with Crippen molar-refractivity contribution in [2.45, 2.75) is 58.3 Å². The van der Waals surface area contributed by atoms with E-state index in [2.05, 4.69) is 57.9 Å². The summed E-state index contributed by atoms with van der Waals surface area (Å²) in [5, 5.41) is 6.67. The van der Waals surface area contributed by atoms with Crippen LogP contribution in [0, 0.1) is 0 Å². The molecule has 0 atom stereocenters. The van der Waals surface area contributed by atoms with Crippen molar-refractivity contribution >= 4 is 23.0 Å². The molecule has 2 aromatic rings. The van der Waals surface area contributed by atoms with Gasteiger partial charge in [-0.15, -0.1) is 0 Å². The van der Waals surface area contributed by atoms with Crippen LogP contribution in [0.4, 0.5) is 23.0 Å². The number of nitrogen functional groups attached to an aromatic ring is 1. The lowest BCUT2D eigenvalue weighted by molar-refractivity contribution is 0.679. The maximum Gasteiger partial charge on any atom is 0.159 e. The molecule has 0 aliphatic heterocycles. The lowest BCUT2D eigenvalue weighted by atomic mass is 9.97. The van der Waals surface area contributed by atoms with Crippen molar-refractivity contribution in [3.63, 3.8) is 0 Å². The standard InChI is InChI=1S/C22H31N5/c1-2-3-7-18-10-12-19(13-11-18)27-22-20(23)21(25-16-26-22)24-15-14-17-8-5-4-6-9-17/h8,10-13,16H,2-7,9,14-15,23H2,1H3,(H2,24,25,26,27). The Balaban J connectivity index is 1.58. The highest BCUT2D eigenvalue weighted by Gasteiger charge is 2.09. The van der Waals surface area contributed by atoms with Crippen molar-refractivity contribution in [2.75, 3.05) is 22.9 Å². The molecule has 1 heterocycles. The van der Waals surface area contributed by atoms with Gasteiger partial charge in [0.05, 0.1) is 0 Å². The fourth-order valence-electron chi connectivity index (χ4n) is 3.38. The highest BCUT2D eigenvalue weighted by Crippen LogP contribution is 2.26. The number of nitrogens with zero attached hydrogens (tertiary/aromatic N) is 2. The van der Waals surface area contributed by atoms with Crippen molar-refractivity contribution < 1.29 is 0 Å². The number of anilines is 4. The molecule has 5 nitrogen and oxygen atoms in total. The zero-order chi connectivity index (χ0) is 18.9. The first-order chi connectivity index (χ1) is 13.3. The molecule has 1 aliphatic carbocycles. The van der Waals surface area contributed by atoms with Gasteiger partial charge in [-0.1, -0.05) is 37.1 Å². The van der Waals surface area contributed by atoms with Crippen LogP contribution in [0.1, 0.15) is 57.4 Å². The number of aryl methyl sites for hydroxylation is 1. The van der Waals surface area contributed by atoms with Gasteiger partial charge in [0.15, 0.2) is 11.6 Å². The molecule has 0 unspecified atom stereocenters. The molecule has 0 radical (unpaired) electrons. The average Bonchev–Trinajstić information content (AvgIpc) is 2.71. The highest BCUT2D eigenvalue weighted by atomic mass is 15.1. The molecule has 3 rings (SSSR count). The molecule has 0 saturated heterocycles. The minimum Gasteiger partial charge on any atom is -0.393 e. The third kappa shape index (κ3) is 5.71. The van der Waals surface area contributed by atoms with Gasteiger partial charge in [-0.2, -0.15) is 0 Å². The third-order valence-electron chi connectivity index (χ3n) is 5.04. The molecule has 1 aromatic carbocycles. The van der Waals surface area contributed by atoms with Gasteiger partial charge in [-0.05, 0) is 62.6 Å². The van der Waals surface area contributed by atoms with E-state index in [9.17, 15) is 0 Å². The monoisotopic (exact) mass is 365 g/mol. The number of aromatic nitrogens is 2. The van der Waals surface area contributed by atoms with E-state index in [1.807, 2.05) is 0 Å². The Morgan fingerprint density at radius 3 is 2.59 bits per heavy atom. The molecule has 144 valence electrons. The summed E-state index contributed by atoms with van der Waals surface area (Å²) in [5.74, 6) is 1.34. The Morgan fingerprint density at radius 2 is 1.85 bits per heavy atom. The summed E-state index contributed by atoms with van der Waals surface area (Å²) in [7, 11) is 0. The molecule has 0 fully saturated rings. The van der Waals surface area contributed by atoms with Gasteiger partial charge in [0.2, 0.25) is 0 Å². The summed E-state index contributed by atoms with van der Waals surface area (Å²) < 4.78 is 0. The van der Waals surface area contributed by atoms with E-state index < -0.39 is 0 Å². The fourth-order valence-corrected chi connectivity index (χ4v) is 3.38. The number of rotatable bonds is 9. The number of hydrogen-bond acceptors (Lipinski definition) is 5. The molecule has 1 aliphatic rings. The number of nitrogens with one attached hydrogen (secondary N) is 2. The van der Waals surface area contributed by atoms with Crippen LogP contribution in [0.5, 0.6) is 0 Å². The van der Waals surface area contributed by atoms with E-state index in [0.717, 1.165) is 25.1 Å². The predicted octanol–water partition coefficient (Wildman–Crippen LogP) is 5.45. The van der Waals surface area contributed by atoms with E-state index in [-0.39, 0.29) is 0 Å². The second-order valence-electron chi connectivity index (χ2n) is 7.19. The zero-order valence-electron chi connectivity index (χ0n) is 16.3. The minimum absolute atomic E-state index is 0.560. The molecule has 0 spiro atoms. The molecule has 1 aromatic heterocycles. The van der Waals surface area contributed by atoms with Crippen molar-refractivity contribution in [1.82, 2.24) is 9.97 Å². The van der Waals surface area contributed by atoms with Crippen LogP contribution < -0.4 is 16.4 Å². The second-order valence-corrected chi connectivity index (χ2v) is 7.19. The zero-order valence-corrected chi connectivity index (χ0v) is 16.3. The van der Waals surface area contributed by atoms with Crippen LogP contribution in [0.3, 0.4) is 0 Å². The lowest BCUT2D eigenvalue weighted by Crippen LogP contribution is -2.10. The van der Waals surface area contributed by atoms with Gasteiger partial charge in [0, 0.05) is 12.2 Å². The normalized spacial score (nSPS) is 13.9. The largest absolute Gasteiger partial charge is 0.393 e. The van der Waals surface area contributed by atoms with E-state index in [1.165, 1.54) is 44.1 Å². The SMILES string of the molecule is CCCCc1ccc(Nc2ncnc(NCCC3=CCCCC3)c2N)cc1. The van der Waals surface area contributed by atoms with Crippen molar-refractivity contribution in [1.29, 1.82) is 0 Å². The van der Waals surface area contributed by atoms with Gasteiger partial charge in [0.1, 0.15) is 12.0 Å². The maximum absolute atomic E-state index is 6.28. The van der Waals surface area contributed by atoms with E-state index in [0.29, 0.717) is 17.3 Å². The Hall–Kier alpha value is -2.56. The maximum atomic E-state index is 6.28. The van der Waals surface area contributed by atoms with Crippen molar-refractivity contribution in [3.8, 4) is 0 Å². The number of unbranched alkanes of at least 4 members (excludes halogenated alkanes) is 1. The Morgan fingerprint density at radius 1 is 1.04 bits per heavy atom. The summed E-state index contributed by atoms with van der Waals surface area (Å²) in [6.07, 6.45) is 13.6. The summed E-state index contributed by atoms with van der Waals surface area (Å²) >= 11 is 0. The Labute approximate surface area is 162 Å². The third-order valence-corrected chi connectivity index (χ3v) is 5.04. The first-order valence-electron chi connectivity index (χ1n) is 10.1. The Bertz CT molecular complexity index is 752.